The largest absolute Gasteiger partial charge is 1.00 e. The first kappa shape index (κ1) is 38.2. The number of phenols is 2. The molecular formula is C40H46CoN3O4. The molecule has 1 saturated carbocycles. The third-order valence-electron chi connectivity index (χ3n) is 8.62. The summed E-state index contributed by atoms with van der Waals surface area (Å²) in [6.45, 7) is 12.8. The van der Waals surface area contributed by atoms with E-state index in [2.05, 4.69) is 64.1 Å². The summed E-state index contributed by atoms with van der Waals surface area (Å²) in [5, 5.41) is 30.0. The standard InChI is InChI=1S/C27H31N3.C13H16O4.Co/c1-18(2)22-12-7-9-14-26(22)28-20(5)24-16-11-17-25(30-24)21(6)29-27-15-10-8-13-23(27)19(3)4;14-10-7-6-9(8-4-2-1-3-5-8)11(12(10)15)13(16)17;/h7-19H,1-6H3;6-8,14-15H,1-5H2,(H,16,17);/q;;+1/p-1. The minimum absolute atomic E-state index is 0. The number of carbonyl (C=O) groups is 1. The van der Waals surface area contributed by atoms with Crippen molar-refractivity contribution >= 4 is 28.8 Å². The third kappa shape index (κ3) is 9.64. The van der Waals surface area contributed by atoms with Crippen LogP contribution in [0.4, 0.5) is 11.4 Å². The van der Waals surface area contributed by atoms with Crippen molar-refractivity contribution in [1.29, 1.82) is 0 Å². The molecule has 0 bridgehead atoms. The van der Waals surface area contributed by atoms with E-state index < -0.39 is 17.5 Å². The monoisotopic (exact) mass is 691 g/mol. The van der Waals surface area contributed by atoms with Crippen molar-refractivity contribution in [1.82, 2.24) is 4.98 Å². The molecule has 4 aromatic rings. The molecule has 1 aliphatic carbocycles. The summed E-state index contributed by atoms with van der Waals surface area (Å²) >= 11 is 0. The van der Waals surface area contributed by atoms with Crippen LogP contribution in [0.5, 0.6) is 11.5 Å². The molecule has 0 spiro atoms. The fourth-order valence-electron chi connectivity index (χ4n) is 6.03. The average molecular weight is 692 g/mol. The number of aliphatic imine (C=N–C) groups is 2. The molecule has 5 rings (SSSR count). The molecule has 3 aromatic carbocycles. The second-order valence-electron chi connectivity index (χ2n) is 12.7. The number of pyridine rings is 1. The molecule has 0 atom stereocenters. The van der Waals surface area contributed by atoms with Gasteiger partial charge in [-0.3, -0.25) is 9.98 Å². The van der Waals surface area contributed by atoms with Gasteiger partial charge < -0.3 is 20.1 Å². The fourth-order valence-corrected chi connectivity index (χ4v) is 6.03. The Balaban J connectivity index is 0.000000295. The van der Waals surface area contributed by atoms with Gasteiger partial charge in [-0.15, -0.1) is 0 Å². The number of phenolic OH excluding ortho intramolecular Hbond substituents is 1. The molecule has 0 unspecified atom stereocenters. The van der Waals surface area contributed by atoms with Crippen LogP contribution < -0.4 is 5.11 Å². The van der Waals surface area contributed by atoms with Crippen LogP contribution in [-0.2, 0) is 16.8 Å². The predicted molar refractivity (Wildman–Crippen MR) is 189 cm³/mol. The topological polar surface area (TPSA) is 118 Å². The number of nitrogens with zero attached hydrogens (tertiary/aromatic N) is 3. The maximum atomic E-state index is 11.1. The van der Waals surface area contributed by atoms with Crippen LogP contribution in [0.1, 0.15) is 130 Å². The molecule has 254 valence electrons. The Morgan fingerprint density at radius 3 is 1.67 bits per heavy atom. The summed E-state index contributed by atoms with van der Waals surface area (Å²) < 4.78 is 0. The SMILES string of the molecule is CC(=Nc1ccccc1C(C)C)c1cccc(C(C)=Nc2ccccc2C(C)C)n1.O=C([O-])c1c(C2CCCCC2)ccc(O)c1O.[Co+]. The van der Waals surface area contributed by atoms with Gasteiger partial charge in [0.2, 0.25) is 0 Å². The van der Waals surface area contributed by atoms with Crippen molar-refractivity contribution < 1.29 is 36.9 Å². The number of aromatic carboxylic acids is 1. The van der Waals surface area contributed by atoms with E-state index in [0.717, 1.165) is 59.9 Å². The first-order valence-electron chi connectivity index (χ1n) is 16.5. The van der Waals surface area contributed by atoms with Crippen LogP contribution in [0, 0.1) is 0 Å². The summed E-state index contributed by atoms with van der Waals surface area (Å²) in [4.78, 5) is 25.7. The minimum atomic E-state index is -1.43. The zero-order chi connectivity index (χ0) is 34.1. The van der Waals surface area contributed by atoms with Gasteiger partial charge in [-0.25, -0.2) is 4.98 Å². The Morgan fingerprint density at radius 2 is 1.21 bits per heavy atom. The van der Waals surface area contributed by atoms with E-state index in [1.807, 2.05) is 44.2 Å². The Kier molecular flexibility index (Phi) is 14.1. The van der Waals surface area contributed by atoms with Crippen molar-refractivity contribution in [2.45, 2.75) is 91.4 Å². The molecule has 1 heterocycles. The molecular weight excluding hydrogens is 645 g/mol. The average Bonchev–Trinajstić information content (AvgIpc) is 3.06. The molecule has 48 heavy (non-hydrogen) atoms. The van der Waals surface area contributed by atoms with E-state index in [-0.39, 0.29) is 28.3 Å². The van der Waals surface area contributed by atoms with Crippen LogP contribution in [0.3, 0.4) is 0 Å². The zero-order valence-electron chi connectivity index (χ0n) is 28.7. The maximum Gasteiger partial charge on any atom is 1.00 e. The number of aromatic hydroxyl groups is 2. The minimum Gasteiger partial charge on any atom is -0.545 e. The van der Waals surface area contributed by atoms with Gasteiger partial charge >= 0.3 is 16.8 Å². The molecule has 1 aliphatic rings. The number of para-hydroxylation sites is 2. The van der Waals surface area contributed by atoms with Gasteiger partial charge in [0, 0.05) is 5.56 Å². The van der Waals surface area contributed by atoms with Crippen molar-refractivity contribution in [2.75, 3.05) is 0 Å². The Labute approximate surface area is 295 Å². The van der Waals surface area contributed by atoms with Gasteiger partial charge in [0.1, 0.15) is 0 Å². The van der Waals surface area contributed by atoms with Gasteiger partial charge in [0.15, 0.2) is 11.5 Å². The predicted octanol–water partition coefficient (Wildman–Crippen LogP) is 9.12. The first-order chi connectivity index (χ1) is 22.5. The molecule has 0 radical (unpaired) electrons. The number of hydrogen-bond donors (Lipinski definition) is 2. The molecule has 0 amide bonds. The number of benzene rings is 3. The molecule has 0 saturated heterocycles. The van der Waals surface area contributed by atoms with Crippen LogP contribution >= 0.6 is 0 Å². The normalized spacial score (nSPS) is 13.9. The van der Waals surface area contributed by atoms with Crippen LogP contribution in [0.15, 0.2) is 88.8 Å². The quantitative estimate of drug-likeness (QED) is 0.141. The fraction of sp³-hybridized carbons (Fsp3) is 0.350. The number of hydrogen-bond acceptors (Lipinski definition) is 7. The first-order valence-corrected chi connectivity index (χ1v) is 16.5. The van der Waals surface area contributed by atoms with Crippen LogP contribution in [0.2, 0.25) is 0 Å². The van der Waals surface area contributed by atoms with E-state index in [1.54, 1.807) is 6.07 Å². The van der Waals surface area contributed by atoms with E-state index in [0.29, 0.717) is 17.4 Å². The number of carboxylic acids is 1. The molecule has 0 aliphatic heterocycles. The maximum absolute atomic E-state index is 11.1. The second-order valence-corrected chi connectivity index (χ2v) is 12.7. The Hall–Kier alpha value is -4.27. The van der Waals surface area contributed by atoms with Crippen molar-refractivity contribution in [3.63, 3.8) is 0 Å². The molecule has 7 nitrogen and oxygen atoms in total. The van der Waals surface area contributed by atoms with E-state index in [9.17, 15) is 20.1 Å². The summed E-state index contributed by atoms with van der Waals surface area (Å²) in [5.74, 6) is -1.43. The van der Waals surface area contributed by atoms with Gasteiger partial charge in [0.05, 0.1) is 40.2 Å². The van der Waals surface area contributed by atoms with Crippen molar-refractivity contribution in [3.8, 4) is 11.5 Å². The van der Waals surface area contributed by atoms with Gasteiger partial charge in [-0.2, -0.15) is 0 Å². The van der Waals surface area contributed by atoms with E-state index in [4.69, 9.17) is 15.0 Å². The summed E-state index contributed by atoms with van der Waals surface area (Å²) in [7, 11) is 0. The second kappa shape index (κ2) is 17.8. The Bertz CT molecular complexity index is 1670. The molecule has 1 aromatic heterocycles. The van der Waals surface area contributed by atoms with Crippen LogP contribution in [0.25, 0.3) is 0 Å². The van der Waals surface area contributed by atoms with Gasteiger partial charge in [0.25, 0.3) is 0 Å². The summed E-state index contributed by atoms with van der Waals surface area (Å²) in [6, 6.07) is 25.6. The number of carbonyl (C=O) groups excluding carboxylic acids is 1. The van der Waals surface area contributed by atoms with Crippen LogP contribution in [-0.4, -0.2) is 32.6 Å². The van der Waals surface area contributed by atoms with Gasteiger partial charge in [-0.1, -0.05) is 95.5 Å². The molecule has 8 heteroatoms. The number of rotatable bonds is 8. The summed E-state index contributed by atoms with van der Waals surface area (Å²) in [6.07, 6.45) is 5.15. The number of carboxylic acid groups (broad SMARTS) is 1. The molecule has 2 N–H and O–H groups in total. The zero-order valence-corrected chi connectivity index (χ0v) is 29.7. The number of aromatic nitrogens is 1. The molecule has 1 fully saturated rings. The van der Waals surface area contributed by atoms with E-state index >= 15 is 0 Å². The Morgan fingerprint density at radius 1 is 0.729 bits per heavy atom. The van der Waals surface area contributed by atoms with E-state index in [1.165, 1.54) is 23.6 Å². The smallest absolute Gasteiger partial charge is 0.545 e. The van der Waals surface area contributed by atoms with Gasteiger partial charge in [-0.05, 0) is 91.5 Å². The summed E-state index contributed by atoms with van der Waals surface area (Å²) in [5.41, 5.74) is 8.39. The van der Waals surface area contributed by atoms with Crippen molar-refractivity contribution in [2.24, 2.45) is 9.98 Å². The van der Waals surface area contributed by atoms with Crippen molar-refractivity contribution in [3.05, 3.63) is 113 Å². The third-order valence-corrected chi connectivity index (χ3v) is 8.62.